The SMILES string of the molecule is CCCCC(CCCC)(CCCC)C(P)OC(C)OC. The molecule has 122 valence electrons. The first-order valence-electron chi connectivity index (χ1n) is 8.50. The van der Waals surface area contributed by atoms with Crippen molar-refractivity contribution in [3.8, 4) is 0 Å². The van der Waals surface area contributed by atoms with Crippen LogP contribution >= 0.6 is 9.24 Å². The maximum Gasteiger partial charge on any atom is 0.155 e. The summed E-state index contributed by atoms with van der Waals surface area (Å²) in [6, 6.07) is 0. The van der Waals surface area contributed by atoms with E-state index >= 15 is 0 Å². The number of methoxy groups -OCH3 is 1. The largest absolute Gasteiger partial charge is 0.356 e. The quantitative estimate of drug-likeness (QED) is 0.318. The van der Waals surface area contributed by atoms with Gasteiger partial charge in [0.05, 0.1) is 5.85 Å². The molecule has 0 radical (unpaired) electrons. The Morgan fingerprint density at radius 1 is 0.900 bits per heavy atom. The van der Waals surface area contributed by atoms with E-state index in [4.69, 9.17) is 9.47 Å². The predicted molar refractivity (Wildman–Crippen MR) is 92.1 cm³/mol. The van der Waals surface area contributed by atoms with Crippen molar-refractivity contribution in [2.24, 2.45) is 5.41 Å². The van der Waals surface area contributed by atoms with Crippen molar-refractivity contribution in [1.82, 2.24) is 0 Å². The van der Waals surface area contributed by atoms with Crippen LogP contribution in [0.25, 0.3) is 0 Å². The van der Waals surface area contributed by atoms with Crippen LogP contribution in [0.5, 0.6) is 0 Å². The van der Waals surface area contributed by atoms with Crippen molar-refractivity contribution >= 4 is 9.24 Å². The molecule has 0 amide bonds. The molecule has 0 bridgehead atoms. The molecule has 0 fully saturated rings. The topological polar surface area (TPSA) is 18.5 Å². The van der Waals surface area contributed by atoms with Crippen LogP contribution in [0.1, 0.15) is 85.5 Å². The Balaban J connectivity index is 4.89. The van der Waals surface area contributed by atoms with Gasteiger partial charge in [0.2, 0.25) is 0 Å². The predicted octanol–water partition coefficient (Wildman–Crippen LogP) is 5.75. The minimum atomic E-state index is -0.123. The van der Waals surface area contributed by atoms with Crippen molar-refractivity contribution in [3.05, 3.63) is 0 Å². The summed E-state index contributed by atoms with van der Waals surface area (Å²) < 4.78 is 11.4. The van der Waals surface area contributed by atoms with E-state index in [2.05, 4.69) is 30.0 Å². The van der Waals surface area contributed by atoms with Gasteiger partial charge in [-0.05, 0) is 26.2 Å². The summed E-state index contributed by atoms with van der Waals surface area (Å²) in [6.07, 6.45) is 11.4. The van der Waals surface area contributed by atoms with Crippen LogP contribution in [0, 0.1) is 5.41 Å². The summed E-state index contributed by atoms with van der Waals surface area (Å²) >= 11 is 0. The number of hydrogen-bond acceptors (Lipinski definition) is 2. The molecule has 3 atom stereocenters. The summed E-state index contributed by atoms with van der Waals surface area (Å²) in [4.78, 5) is 0. The third-order valence-electron chi connectivity index (χ3n) is 4.36. The first kappa shape index (κ1) is 20.3. The molecule has 3 unspecified atom stereocenters. The van der Waals surface area contributed by atoms with E-state index in [0.717, 1.165) is 0 Å². The number of hydrogen-bond donors (Lipinski definition) is 0. The number of ether oxygens (including phenoxy) is 2. The lowest BCUT2D eigenvalue weighted by molar-refractivity contribution is -0.152. The normalized spacial score (nSPS) is 15.3. The molecule has 0 saturated carbocycles. The van der Waals surface area contributed by atoms with E-state index < -0.39 is 0 Å². The average molecular weight is 304 g/mol. The Hall–Kier alpha value is 0.350. The summed E-state index contributed by atoms with van der Waals surface area (Å²) in [5, 5.41) is 0. The van der Waals surface area contributed by atoms with Crippen molar-refractivity contribution in [2.45, 2.75) is 97.6 Å². The van der Waals surface area contributed by atoms with Crippen LogP contribution in [-0.4, -0.2) is 19.2 Å². The van der Waals surface area contributed by atoms with E-state index in [-0.39, 0.29) is 12.1 Å². The van der Waals surface area contributed by atoms with E-state index in [9.17, 15) is 0 Å². The van der Waals surface area contributed by atoms with Gasteiger partial charge in [0.1, 0.15) is 0 Å². The first-order chi connectivity index (χ1) is 9.56. The van der Waals surface area contributed by atoms with Gasteiger partial charge in [-0.3, -0.25) is 0 Å². The van der Waals surface area contributed by atoms with Gasteiger partial charge >= 0.3 is 0 Å². The number of rotatable bonds is 13. The van der Waals surface area contributed by atoms with E-state index in [1.807, 2.05) is 6.92 Å². The Morgan fingerprint density at radius 3 is 1.60 bits per heavy atom. The molecule has 0 N–H and O–H groups in total. The van der Waals surface area contributed by atoms with E-state index in [0.29, 0.717) is 5.41 Å². The number of unbranched alkanes of at least 4 members (excludes halogenated alkanes) is 3. The molecule has 3 heteroatoms. The standard InChI is InChI=1S/C17H37O2P/c1-6-9-12-17(13-10-7-2,14-11-8-3)16(20)19-15(4)18-5/h15-16H,6-14,20H2,1-5H3. The molecular weight excluding hydrogens is 267 g/mol. The molecule has 2 nitrogen and oxygen atoms in total. The molecular formula is C17H37O2P. The highest BCUT2D eigenvalue weighted by atomic mass is 31.0. The average Bonchev–Trinajstić information content (AvgIpc) is 2.46. The summed E-state index contributed by atoms with van der Waals surface area (Å²) in [5.74, 6) is 0.196. The fourth-order valence-electron chi connectivity index (χ4n) is 2.79. The third kappa shape index (κ3) is 7.38. The van der Waals surface area contributed by atoms with Crippen LogP contribution in [0.3, 0.4) is 0 Å². The van der Waals surface area contributed by atoms with Crippen molar-refractivity contribution in [1.29, 1.82) is 0 Å². The van der Waals surface area contributed by atoms with Crippen molar-refractivity contribution < 1.29 is 9.47 Å². The summed E-state index contributed by atoms with van der Waals surface area (Å²) in [5.41, 5.74) is 0.305. The Bertz CT molecular complexity index is 199. The van der Waals surface area contributed by atoms with Gasteiger partial charge < -0.3 is 9.47 Å². The maximum atomic E-state index is 6.10. The smallest absolute Gasteiger partial charge is 0.155 e. The lowest BCUT2D eigenvalue weighted by Gasteiger charge is -2.40. The molecule has 0 aliphatic rings. The lowest BCUT2D eigenvalue weighted by Crippen LogP contribution is -2.36. The van der Waals surface area contributed by atoms with Gasteiger partial charge in [0, 0.05) is 12.5 Å². The fourth-order valence-corrected chi connectivity index (χ4v) is 3.52. The third-order valence-corrected chi connectivity index (χ3v) is 5.22. The highest BCUT2D eigenvalue weighted by Crippen LogP contribution is 2.44. The Kier molecular flexibility index (Phi) is 12.2. The van der Waals surface area contributed by atoms with Gasteiger partial charge in [-0.25, -0.2) is 0 Å². The molecule has 0 spiro atoms. The molecule has 0 aliphatic heterocycles. The highest BCUT2D eigenvalue weighted by molar-refractivity contribution is 7.17. The molecule has 0 heterocycles. The molecule has 0 aliphatic carbocycles. The molecule has 0 saturated heterocycles. The van der Waals surface area contributed by atoms with Gasteiger partial charge in [-0.2, -0.15) is 0 Å². The van der Waals surface area contributed by atoms with Crippen LogP contribution in [0.15, 0.2) is 0 Å². The van der Waals surface area contributed by atoms with E-state index in [1.165, 1.54) is 57.8 Å². The minimum Gasteiger partial charge on any atom is -0.356 e. The second-order valence-corrected chi connectivity index (χ2v) is 6.64. The monoisotopic (exact) mass is 304 g/mol. The second kappa shape index (κ2) is 12.0. The van der Waals surface area contributed by atoms with Crippen LogP contribution in [0.2, 0.25) is 0 Å². The minimum absolute atomic E-state index is 0.123. The lowest BCUT2D eigenvalue weighted by atomic mass is 9.74. The van der Waals surface area contributed by atoms with Crippen molar-refractivity contribution in [3.63, 3.8) is 0 Å². The second-order valence-electron chi connectivity index (χ2n) is 6.03. The molecule has 0 rings (SSSR count). The van der Waals surface area contributed by atoms with Gasteiger partial charge in [-0.1, -0.05) is 59.3 Å². The molecule has 0 aromatic rings. The Labute approximate surface area is 129 Å². The fraction of sp³-hybridized carbons (Fsp3) is 1.00. The van der Waals surface area contributed by atoms with Crippen LogP contribution in [0.4, 0.5) is 0 Å². The van der Waals surface area contributed by atoms with E-state index in [1.54, 1.807) is 7.11 Å². The zero-order valence-corrected chi connectivity index (χ0v) is 15.6. The molecule has 0 aromatic carbocycles. The maximum absolute atomic E-state index is 6.10. The zero-order chi connectivity index (χ0) is 15.4. The molecule has 0 aromatic heterocycles. The van der Waals surface area contributed by atoms with Gasteiger partial charge in [-0.15, -0.1) is 9.24 Å². The zero-order valence-electron chi connectivity index (χ0n) is 14.4. The summed E-state index contributed by atoms with van der Waals surface area (Å²) in [7, 11) is 4.67. The Morgan fingerprint density at radius 2 is 1.30 bits per heavy atom. The summed E-state index contributed by atoms with van der Waals surface area (Å²) in [6.45, 7) is 8.82. The van der Waals surface area contributed by atoms with Gasteiger partial charge in [0.25, 0.3) is 0 Å². The van der Waals surface area contributed by atoms with Crippen LogP contribution in [-0.2, 0) is 9.47 Å². The molecule has 20 heavy (non-hydrogen) atoms. The van der Waals surface area contributed by atoms with Crippen molar-refractivity contribution in [2.75, 3.05) is 7.11 Å². The van der Waals surface area contributed by atoms with Crippen LogP contribution < -0.4 is 0 Å². The van der Waals surface area contributed by atoms with Gasteiger partial charge in [0.15, 0.2) is 6.29 Å². The highest BCUT2D eigenvalue weighted by Gasteiger charge is 2.36. The first-order valence-corrected chi connectivity index (χ1v) is 9.16.